The molecule has 156 valence electrons. The molecule has 2 N–H and O–H groups in total. The molecule has 1 amide bonds. The molecule has 0 bridgehead atoms. The molecule has 6 nitrogen and oxygen atoms in total. The average Bonchev–Trinajstić information content (AvgIpc) is 2.71. The van der Waals surface area contributed by atoms with Crippen LogP contribution in [0.4, 0.5) is 5.69 Å². The van der Waals surface area contributed by atoms with Gasteiger partial charge in [0.05, 0.1) is 4.90 Å². The van der Waals surface area contributed by atoms with Gasteiger partial charge in [0.25, 0.3) is 5.91 Å². The van der Waals surface area contributed by atoms with Crippen LogP contribution in [-0.4, -0.2) is 26.0 Å². The molecule has 0 fully saturated rings. The molecular formula is C23H23NO5S. The molecule has 0 aromatic heterocycles. The van der Waals surface area contributed by atoms with Gasteiger partial charge in [-0.2, -0.15) is 0 Å². The topological polar surface area (TPSA) is 92.7 Å². The molecule has 0 unspecified atom stereocenters. The Kier molecular flexibility index (Phi) is 6.12. The molecular weight excluding hydrogens is 402 g/mol. The molecule has 0 heterocycles. The fourth-order valence-corrected chi connectivity index (χ4v) is 4.68. The van der Waals surface area contributed by atoms with Crippen molar-refractivity contribution in [3.8, 4) is 11.5 Å². The van der Waals surface area contributed by atoms with Crippen LogP contribution < -0.4 is 10.1 Å². The average molecular weight is 426 g/mol. The number of ether oxygens (including phenoxy) is 1. The van der Waals surface area contributed by atoms with Gasteiger partial charge in [-0.05, 0) is 62.2 Å². The molecule has 3 aromatic rings. The van der Waals surface area contributed by atoms with Crippen LogP contribution in [0.1, 0.15) is 16.7 Å². The van der Waals surface area contributed by atoms with Crippen molar-refractivity contribution >= 4 is 21.4 Å². The SMILES string of the molecule is Cc1ccc(S(=O)(=O)c2c(C)c(NC(=O)COc3ccccc3)cc(C)c2O)cc1. The molecule has 3 rings (SSSR count). The van der Waals surface area contributed by atoms with Gasteiger partial charge in [0.2, 0.25) is 9.84 Å². The Hall–Kier alpha value is -3.32. The Labute approximate surface area is 176 Å². The van der Waals surface area contributed by atoms with Gasteiger partial charge in [0.15, 0.2) is 6.61 Å². The summed E-state index contributed by atoms with van der Waals surface area (Å²) in [6, 6.07) is 16.8. The molecule has 0 radical (unpaired) electrons. The quantitative estimate of drug-likeness (QED) is 0.578. The van der Waals surface area contributed by atoms with E-state index in [1.807, 2.05) is 13.0 Å². The Morgan fingerprint density at radius 3 is 2.27 bits per heavy atom. The number of rotatable bonds is 6. The van der Waals surface area contributed by atoms with Crippen LogP contribution >= 0.6 is 0 Å². The highest BCUT2D eigenvalue weighted by Crippen LogP contribution is 2.38. The highest BCUT2D eigenvalue weighted by molar-refractivity contribution is 7.91. The van der Waals surface area contributed by atoms with Gasteiger partial charge in [-0.1, -0.05) is 35.9 Å². The second kappa shape index (κ2) is 8.59. The van der Waals surface area contributed by atoms with E-state index in [-0.39, 0.29) is 27.7 Å². The first-order chi connectivity index (χ1) is 14.2. The van der Waals surface area contributed by atoms with E-state index in [0.29, 0.717) is 17.0 Å². The molecule has 0 saturated carbocycles. The lowest BCUT2D eigenvalue weighted by Gasteiger charge is -2.17. The van der Waals surface area contributed by atoms with Crippen LogP contribution in [0.5, 0.6) is 11.5 Å². The summed E-state index contributed by atoms with van der Waals surface area (Å²) in [5, 5.41) is 13.2. The van der Waals surface area contributed by atoms with Crippen LogP contribution in [0.15, 0.2) is 70.5 Å². The Morgan fingerprint density at radius 2 is 1.63 bits per heavy atom. The van der Waals surface area contributed by atoms with Crippen LogP contribution in [0.3, 0.4) is 0 Å². The van der Waals surface area contributed by atoms with Crippen molar-refractivity contribution in [2.75, 3.05) is 11.9 Å². The lowest BCUT2D eigenvalue weighted by molar-refractivity contribution is -0.118. The van der Waals surface area contributed by atoms with Gasteiger partial charge in [-0.15, -0.1) is 0 Å². The molecule has 0 aliphatic carbocycles. The molecule has 0 atom stereocenters. The molecule has 0 aliphatic rings. The van der Waals surface area contributed by atoms with E-state index in [2.05, 4.69) is 5.32 Å². The maximum absolute atomic E-state index is 13.2. The van der Waals surface area contributed by atoms with Gasteiger partial charge in [0.1, 0.15) is 16.4 Å². The largest absolute Gasteiger partial charge is 0.506 e. The molecule has 7 heteroatoms. The zero-order valence-electron chi connectivity index (χ0n) is 17.0. The van der Waals surface area contributed by atoms with Crippen LogP contribution in [0.25, 0.3) is 0 Å². The lowest BCUT2D eigenvalue weighted by Crippen LogP contribution is -2.21. The minimum Gasteiger partial charge on any atom is -0.506 e. The smallest absolute Gasteiger partial charge is 0.262 e. The van der Waals surface area contributed by atoms with Crippen LogP contribution in [0.2, 0.25) is 0 Å². The summed E-state index contributed by atoms with van der Waals surface area (Å²) < 4.78 is 31.8. The van der Waals surface area contributed by atoms with Gasteiger partial charge in [0, 0.05) is 5.69 Å². The van der Waals surface area contributed by atoms with Crippen molar-refractivity contribution in [3.05, 3.63) is 77.4 Å². The summed E-state index contributed by atoms with van der Waals surface area (Å²) in [6.07, 6.45) is 0. The number of amides is 1. The van der Waals surface area contributed by atoms with Gasteiger partial charge in [-0.25, -0.2) is 8.42 Å². The first kappa shape index (κ1) is 21.4. The van der Waals surface area contributed by atoms with Crippen LogP contribution in [0, 0.1) is 20.8 Å². The second-order valence-corrected chi connectivity index (χ2v) is 8.90. The molecule has 0 spiro atoms. The number of carbonyl (C=O) groups excluding carboxylic acids is 1. The number of hydrogen-bond acceptors (Lipinski definition) is 5. The number of phenolic OH excluding ortho intramolecular Hbond substituents is 1. The van der Waals surface area contributed by atoms with E-state index in [0.717, 1.165) is 5.56 Å². The van der Waals surface area contributed by atoms with Crippen molar-refractivity contribution in [2.24, 2.45) is 0 Å². The number of nitrogens with one attached hydrogen (secondary N) is 1. The van der Waals surface area contributed by atoms with E-state index >= 15 is 0 Å². The highest BCUT2D eigenvalue weighted by atomic mass is 32.2. The minimum atomic E-state index is -3.99. The van der Waals surface area contributed by atoms with Crippen molar-refractivity contribution in [2.45, 2.75) is 30.6 Å². The minimum absolute atomic E-state index is 0.0711. The number of phenols is 1. The fourth-order valence-electron chi connectivity index (χ4n) is 3.02. The maximum atomic E-state index is 13.2. The third-order valence-electron chi connectivity index (χ3n) is 4.68. The number of sulfone groups is 1. The summed E-state index contributed by atoms with van der Waals surface area (Å²) in [6.45, 7) is 4.76. The van der Waals surface area contributed by atoms with E-state index < -0.39 is 15.7 Å². The third-order valence-corrected chi connectivity index (χ3v) is 6.61. The zero-order chi connectivity index (χ0) is 21.9. The summed E-state index contributed by atoms with van der Waals surface area (Å²) in [4.78, 5) is 12.2. The summed E-state index contributed by atoms with van der Waals surface area (Å²) >= 11 is 0. The highest BCUT2D eigenvalue weighted by Gasteiger charge is 2.27. The lowest BCUT2D eigenvalue weighted by atomic mass is 10.1. The predicted octanol–water partition coefficient (Wildman–Crippen LogP) is 4.17. The van der Waals surface area contributed by atoms with Gasteiger partial charge in [-0.3, -0.25) is 4.79 Å². The van der Waals surface area contributed by atoms with E-state index in [9.17, 15) is 18.3 Å². The molecule has 0 aliphatic heterocycles. The normalized spacial score (nSPS) is 11.2. The summed E-state index contributed by atoms with van der Waals surface area (Å²) in [5.74, 6) is -0.216. The van der Waals surface area contributed by atoms with E-state index in [4.69, 9.17) is 4.74 Å². The van der Waals surface area contributed by atoms with Crippen molar-refractivity contribution in [1.82, 2.24) is 0 Å². The summed E-state index contributed by atoms with van der Waals surface area (Å²) in [7, 11) is -3.99. The van der Waals surface area contributed by atoms with Crippen molar-refractivity contribution < 1.29 is 23.1 Å². The van der Waals surface area contributed by atoms with Gasteiger partial charge < -0.3 is 15.2 Å². The standard InChI is InChI=1S/C23H23NO5S/c1-15-9-11-19(12-10-15)30(27,28)23-17(3)20(13-16(2)22(23)26)24-21(25)14-29-18-7-5-4-6-8-18/h4-13,26H,14H2,1-3H3,(H,24,25). The molecule has 30 heavy (non-hydrogen) atoms. The number of aryl methyl sites for hydroxylation is 2. The van der Waals surface area contributed by atoms with Gasteiger partial charge >= 0.3 is 0 Å². The number of benzene rings is 3. The van der Waals surface area contributed by atoms with Crippen LogP contribution in [-0.2, 0) is 14.6 Å². The molecule has 3 aromatic carbocycles. The van der Waals surface area contributed by atoms with Crippen molar-refractivity contribution in [3.63, 3.8) is 0 Å². The van der Waals surface area contributed by atoms with Crippen molar-refractivity contribution in [1.29, 1.82) is 0 Å². The second-order valence-electron chi connectivity index (χ2n) is 7.01. The Morgan fingerprint density at radius 1 is 1.00 bits per heavy atom. The maximum Gasteiger partial charge on any atom is 0.262 e. The fraction of sp³-hybridized carbons (Fsp3) is 0.174. The zero-order valence-corrected chi connectivity index (χ0v) is 17.8. The predicted molar refractivity (Wildman–Crippen MR) is 115 cm³/mol. The number of aromatic hydroxyl groups is 1. The first-order valence-electron chi connectivity index (χ1n) is 9.33. The Bertz CT molecular complexity index is 1170. The monoisotopic (exact) mass is 425 g/mol. The number of anilines is 1. The number of hydrogen-bond donors (Lipinski definition) is 2. The number of para-hydroxylation sites is 1. The molecule has 0 saturated heterocycles. The first-order valence-corrected chi connectivity index (χ1v) is 10.8. The Balaban J connectivity index is 1.91. The summed E-state index contributed by atoms with van der Waals surface area (Å²) in [5.41, 5.74) is 1.82. The third kappa shape index (κ3) is 4.46. The van der Waals surface area contributed by atoms with E-state index in [1.54, 1.807) is 56.3 Å². The number of carbonyl (C=O) groups is 1. The van der Waals surface area contributed by atoms with E-state index in [1.165, 1.54) is 12.1 Å².